The summed E-state index contributed by atoms with van der Waals surface area (Å²) in [5, 5.41) is 0. The van der Waals surface area contributed by atoms with Crippen LogP contribution in [0.15, 0.2) is 9.15 Å². The Bertz CT molecular complexity index is 172. The molecule has 1 aliphatic carbocycles. The Labute approximate surface area is 75.0 Å². The predicted molar refractivity (Wildman–Crippen MR) is 50.1 cm³/mol. The van der Waals surface area contributed by atoms with Gasteiger partial charge in [-0.05, 0) is 45.4 Å². The normalized spacial score (nSPS) is 25.6. The first-order chi connectivity index (χ1) is 4.79. The quantitative estimate of drug-likeness (QED) is 0.544. The molecule has 1 nitrogen and oxygen atoms in total. The largest absolute Gasteiger partial charge is 0.303 e. The molecular weight excluding hydrogens is 239 g/mol. The van der Waals surface area contributed by atoms with Crippen LogP contribution in [-0.4, -0.2) is 6.29 Å². The highest BCUT2D eigenvalue weighted by molar-refractivity contribution is 14.1. The fourth-order valence-corrected chi connectivity index (χ4v) is 2.42. The van der Waals surface area contributed by atoms with Crippen molar-refractivity contribution in [3.63, 3.8) is 0 Å². The number of carbonyl (C=O) groups is 1. The van der Waals surface area contributed by atoms with Gasteiger partial charge in [0.15, 0.2) is 0 Å². The van der Waals surface area contributed by atoms with E-state index >= 15 is 0 Å². The molecule has 0 radical (unpaired) electrons. The summed E-state index contributed by atoms with van der Waals surface area (Å²) < 4.78 is 1.30. The highest BCUT2D eigenvalue weighted by atomic mass is 127. The second-order valence-electron chi connectivity index (χ2n) is 2.59. The minimum Gasteiger partial charge on any atom is -0.303 e. The van der Waals surface area contributed by atoms with Crippen LogP contribution in [0.2, 0.25) is 0 Å². The summed E-state index contributed by atoms with van der Waals surface area (Å²) in [6.07, 6.45) is 4.37. The van der Waals surface area contributed by atoms with E-state index in [0.29, 0.717) is 0 Å². The lowest BCUT2D eigenvalue weighted by Gasteiger charge is -1.98. The topological polar surface area (TPSA) is 17.1 Å². The van der Waals surface area contributed by atoms with E-state index < -0.39 is 0 Å². The maximum Gasteiger partial charge on any atom is 0.127 e. The number of hydrogen-bond acceptors (Lipinski definition) is 1. The van der Waals surface area contributed by atoms with Crippen LogP contribution in [0, 0.1) is 5.92 Å². The molecule has 0 spiro atoms. The van der Waals surface area contributed by atoms with E-state index in [9.17, 15) is 4.79 Å². The molecule has 0 heterocycles. The highest BCUT2D eigenvalue weighted by Crippen LogP contribution is 2.36. The van der Waals surface area contributed by atoms with Gasteiger partial charge < -0.3 is 4.79 Å². The summed E-state index contributed by atoms with van der Waals surface area (Å²) in [7, 11) is 0. The van der Waals surface area contributed by atoms with Gasteiger partial charge in [-0.3, -0.25) is 0 Å². The Kier molecular flexibility index (Phi) is 2.89. The van der Waals surface area contributed by atoms with Crippen molar-refractivity contribution in [1.29, 1.82) is 0 Å². The van der Waals surface area contributed by atoms with Gasteiger partial charge in [-0.25, -0.2) is 0 Å². The standard InChI is InChI=1S/C8H11IO/c1-2-6-3-4-7(5-10)8(6)9/h5,7H,2-4H2,1H3. The molecule has 1 aliphatic rings. The molecular formula is C8H11IO. The second kappa shape index (κ2) is 3.51. The van der Waals surface area contributed by atoms with Crippen molar-refractivity contribution in [2.24, 2.45) is 5.92 Å². The average molecular weight is 250 g/mol. The van der Waals surface area contributed by atoms with Crippen molar-refractivity contribution in [2.45, 2.75) is 26.2 Å². The SMILES string of the molecule is CCC1=C(I)C(C=O)CC1. The third kappa shape index (κ3) is 1.41. The van der Waals surface area contributed by atoms with Crippen LogP contribution < -0.4 is 0 Å². The van der Waals surface area contributed by atoms with Gasteiger partial charge >= 0.3 is 0 Å². The van der Waals surface area contributed by atoms with Gasteiger partial charge in [-0.15, -0.1) is 0 Å². The first kappa shape index (κ1) is 8.24. The molecule has 0 N–H and O–H groups in total. The fourth-order valence-electron chi connectivity index (χ4n) is 1.31. The molecule has 0 fully saturated rings. The van der Waals surface area contributed by atoms with Gasteiger partial charge in [0.2, 0.25) is 0 Å². The van der Waals surface area contributed by atoms with Crippen molar-refractivity contribution in [3.8, 4) is 0 Å². The Balaban J connectivity index is 2.72. The summed E-state index contributed by atoms with van der Waals surface area (Å²) >= 11 is 2.30. The number of rotatable bonds is 2. The lowest BCUT2D eigenvalue weighted by Crippen LogP contribution is -1.94. The zero-order valence-electron chi connectivity index (χ0n) is 6.06. The molecule has 1 unspecified atom stereocenters. The van der Waals surface area contributed by atoms with Crippen LogP contribution in [0.1, 0.15) is 26.2 Å². The molecule has 10 heavy (non-hydrogen) atoms. The van der Waals surface area contributed by atoms with Crippen molar-refractivity contribution in [3.05, 3.63) is 9.15 Å². The summed E-state index contributed by atoms with van der Waals surface area (Å²) in [6.45, 7) is 2.15. The molecule has 1 rings (SSSR count). The summed E-state index contributed by atoms with van der Waals surface area (Å²) in [6, 6.07) is 0. The fraction of sp³-hybridized carbons (Fsp3) is 0.625. The van der Waals surface area contributed by atoms with Gasteiger partial charge in [0, 0.05) is 5.92 Å². The van der Waals surface area contributed by atoms with Gasteiger partial charge in [0.05, 0.1) is 0 Å². The van der Waals surface area contributed by atoms with Crippen LogP contribution in [0.3, 0.4) is 0 Å². The Morgan fingerprint density at radius 1 is 1.80 bits per heavy atom. The van der Waals surface area contributed by atoms with Crippen molar-refractivity contribution in [2.75, 3.05) is 0 Å². The van der Waals surface area contributed by atoms with Gasteiger partial charge in [0.25, 0.3) is 0 Å². The Morgan fingerprint density at radius 3 is 2.80 bits per heavy atom. The molecule has 0 saturated heterocycles. The monoisotopic (exact) mass is 250 g/mol. The van der Waals surface area contributed by atoms with E-state index in [1.165, 1.54) is 9.15 Å². The maximum absolute atomic E-state index is 10.4. The molecule has 56 valence electrons. The van der Waals surface area contributed by atoms with Crippen LogP contribution in [-0.2, 0) is 4.79 Å². The Hall–Kier alpha value is 0.140. The molecule has 0 aliphatic heterocycles. The van der Waals surface area contributed by atoms with Crippen molar-refractivity contribution < 1.29 is 4.79 Å². The highest BCUT2D eigenvalue weighted by Gasteiger charge is 2.21. The maximum atomic E-state index is 10.4. The molecule has 0 amide bonds. The first-order valence-corrected chi connectivity index (χ1v) is 4.70. The smallest absolute Gasteiger partial charge is 0.127 e. The summed E-state index contributed by atoms with van der Waals surface area (Å²) in [4.78, 5) is 10.4. The lowest BCUT2D eigenvalue weighted by molar-refractivity contribution is -0.109. The molecule has 0 saturated carbocycles. The summed E-state index contributed by atoms with van der Waals surface area (Å²) in [5.74, 6) is 0.232. The number of aldehydes is 1. The number of carbonyl (C=O) groups excluding carboxylic acids is 1. The minimum atomic E-state index is 0.232. The molecule has 0 aromatic rings. The van der Waals surface area contributed by atoms with Gasteiger partial charge in [0.1, 0.15) is 6.29 Å². The van der Waals surface area contributed by atoms with Crippen molar-refractivity contribution in [1.82, 2.24) is 0 Å². The van der Waals surface area contributed by atoms with E-state index in [0.717, 1.165) is 25.5 Å². The number of halogens is 1. The molecule has 0 aromatic heterocycles. The van der Waals surface area contributed by atoms with Crippen LogP contribution in [0.4, 0.5) is 0 Å². The van der Waals surface area contributed by atoms with E-state index in [-0.39, 0.29) is 5.92 Å². The molecule has 2 heteroatoms. The average Bonchev–Trinajstić information content (AvgIpc) is 2.30. The number of hydrogen-bond donors (Lipinski definition) is 0. The van der Waals surface area contributed by atoms with Crippen LogP contribution >= 0.6 is 22.6 Å². The van der Waals surface area contributed by atoms with E-state index in [2.05, 4.69) is 29.5 Å². The molecule has 0 bridgehead atoms. The van der Waals surface area contributed by atoms with Gasteiger partial charge in [-0.1, -0.05) is 12.5 Å². The minimum absolute atomic E-state index is 0.232. The number of allylic oxidation sites excluding steroid dienone is 2. The summed E-state index contributed by atoms with van der Waals surface area (Å²) in [5.41, 5.74) is 1.48. The first-order valence-electron chi connectivity index (χ1n) is 3.62. The second-order valence-corrected chi connectivity index (χ2v) is 3.75. The van der Waals surface area contributed by atoms with E-state index in [1.54, 1.807) is 0 Å². The Morgan fingerprint density at radius 2 is 2.50 bits per heavy atom. The van der Waals surface area contributed by atoms with E-state index in [4.69, 9.17) is 0 Å². The van der Waals surface area contributed by atoms with Crippen LogP contribution in [0.5, 0.6) is 0 Å². The molecule has 0 aromatic carbocycles. The third-order valence-corrected chi connectivity index (χ3v) is 3.57. The third-order valence-electron chi connectivity index (χ3n) is 2.01. The lowest BCUT2D eigenvalue weighted by atomic mass is 10.1. The molecule has 1 atom stereocenters. The zero-order valence-corrected chi connectivity index (χ0v) is 8.22. The predicted octanol–water partition coefficient (Wildman–Crippen LogP) is 2.69. The van der Waals surface area contributed by atoms with Crippen LogP contribution in [0.25, 0.3) is 0 Å². The van der Waals surface area contributed by atoms with Gasteiger partial charge in [-0.2, -0.15) is 0 Å². The van der Waals surface area contributed by atoms with E-state index in [1.807, 2.05) is 0 Å². The zero-order chi connectivity index (χ0) is 7.56. The van der Waals surface area contributed by atoms with Crippen molar-refractivity contribution >= 4 is 28.9 Å².